The number of hydrogen-bond donors (Lipinski definition) is 2. The largest absolute Gasteiger partial charge is 0.480 e. The minimum atomic E-state index is -1.17. The molecule has 7 nitrogen and oxygen atoms in total. The summed E-state index contributed by atoms with van der Waals surface area (Å²) >= 11 is 0. The molecule has 1 aliphatic carbocycles. The van der Waals surface area contributed by atoms with Crippen LogP contribution in [0.1, 0.15) is 19.8 Å². The minimum absolute atomic E-state index is 0.131. The Labute approximate surface area is 111 Å². The van der Waals surface area contributed by atoms with Crippen molar-refractivity contribution in [2.24, 2.45) is 5.41 Å². The van der Waals surface area contributed by atoms with Gasteiger partial charge in [0.1, 0.15) is 5.41 Å². The summed E-state index contributed by atoms with van der Waals surface area (Å²) in [6.45, 7) is 4.14. The van der Waals surface area contributed by atoms with E-state index in [1.165, 1.54) is 0 Å². The van der Waals surface area contributed by atoms with E-state index in [4.69, 9.17) is 5.11 Å². The Bertz CT molecular complexity index is 398. The highest BCUT2D eigenvalue weighted by atomic mass is 16.4. The molecule has 2 N–H and O–H groups in total. The molecule has 0 atom stereocenters. The normalized spacial score (nSPS) is 20.9. The van der Waals surface area contributed by atoms with Crippen molar-refractivity contribution < 1.29 is 19.5 Å². The van der Waals surface area contributed by atoms with Crippen molar-refractivity contribution in [3.8, 4) is 0 Å². The van der Waals surface area contributed by atoms with E-state index in [2.05, 4.69) is 5.32 Å². The number of carbonyl (C=O) groups excluding carboxylic acids is 2. The SMILES string of the molecule is CCNC(=O)N1CCN(C(=O)C2(C(=O)O)CC2)CC1. The summed E-state index contributed by atoms with van der Waals surface area (Å²) in [5, 5.41) is 11.8. The van der Waals surface area contributed by atoms with Gasteiger partial charge in [0.05, 0.1) is 0 Å². The van der Waals surface area contributed by atoms with Crippen molar-refractivity contribution in [2.45, 2.75) is 19.8 Å². The maximum absolute atomic E-state index is 12.2. The highest BCUT2D eigenvalue weighted by molar-refractivity contribution is 6.04. The lowest BCUT2D eigenvalue weighted by molar-refractivity contribution is -0.154. The fourth-order valence-corrected chi connectivity index (χ4v) is 2.32. The summed E-state index contributed by atoms with van der Waals surface area (Å²) in [7, 11) is 0. The fourth-order valence-electron chi connectivity index (χ4n) is 2.32. The second-order valence-electron chi connectivity index (χ2n) is 5.00. The Balaban J connectivity index is 1.88. The van der Waals surface area contributed by atoms with Crippen LogP contribution in [0.25, 0.3) is 0 Å². The molecule has 0 bridgehead atoms. The number of carbonyl (C=O) groups is 3. The minimum Gasteiger partial charge on any atom is -0.480 e. The fraction of sp³-hybridized carbons (Fsp3) is 0.750. The standard InChI is InChI=1S/C12H19N3O4/c1-2-13-11(19)15-7-5-14(6-8-15)9(16)12(3-4-12)10(17)18/h2-8H2,1H3,(H,13,19)(H,17,18). The summed E-state index contributed by atoms with van der Waals surface area (Å²) in [4.78, 5) is 38.1. The second kappa shape index (κ2) is 5.07. The molecule has 0 unspecified atom stereocenters. The molecule has 1 saturated heterocycles. The van der Waals surface area contributed by atoms with Gasteiger partial charge in [-0.1, -0.05) is 0 Å². The maximum atomic E-state index is 12.2. The van der Waals surface area contributed by atoms with Gasteiger partial charge >= 0.3 is 12.0 Å². The van der Waals surface area contributed by atoms with Gasteiger partial charge in [0, 0.05) is 32.7 Å². The van der Waals surface area contributed by atoms with Crippen LogP contribution >= 0.6 is 0 Å². The van der Waals surface area contributed by atoms with Gasteiger partial charge in [-0.15, -0.1) is 0 Å². The van der Waals surface area contributed by atoms with E-state index in [1.807, 2.05) is 6.92 Å². The summed E-state index contributed by atoms with van der Waals surface area (Å²) < 4.78 is 0. The first-order chi connectivity index (χ1) is 9.01. The molecule has 1 saturated carbocycles. The summed E-state index contributed by atoms with van der Waals surface area (Å²) in [6.07, 6.45) is 0.857. The molecule has 0 spiro atoms. The number of amides is 3. The van der Waals surface area contributed by atoms with Gasteiger partial charge in [-0.3, -0.25) is 9.59 Å². The number of nitrogens with one attached hydrogen (secondary N) is 1. The number of urea groups is 1. The summed E-state index contributed by atoms with van der Waals surface area (Å²) in [5.74, 6) is -1.32. The third-order valence-electron chi connectivity index (χ3n) is 3.75. The molecule has 106 valence electrons. The lowest BCUT2D eigenvalue weighted by atomic mass is 10.1. The van der Waals surface area contributed by atoms with Crippen LogP contribution in [-0.2, 0) is 9.59 Å². The Hall–Kier alpha value is -1.79. The van der Waals surface area contributed by atoms with Crippen LogP contribution in [0.5, 0.6) is 0 Å². The van der Waals surface area contributed by atoms with Crippen molar-refractivity contribution >= 4 is 17.9 Å². The molecule has 0 radical (unpaired) electrons. The van der Waals surface area contributed by atoms with Crippen LogP contribution < -0.4 is 5.32 Å². The van der Waals surface area contributed by atoms with Gasteiger partial charge in [0.25, 0.3) is 0 Å². The van der Waals surface area contributed by atoms with Gasteiger partial charge < -0.3 is 20.2 Å². The van der Waals surface area contributed by atoms with Gasteiger partial charge in [0.2, 0.25) is 5.91 Å². The van der Waals surface area contributed by atoms with Gasteiger partial charge in [-0.2, -0.15) is 0 Å². The van der Waals surface area contributed by atoms with Crippen LogP contribution in [0.3, 0.4) is 0 Å². The van der Waals surface area contributed by atoms with Gasteiger partial charge in [-0.05, 0) is 19.8 Å². The van der Waals surface area contributed by atoms with Crippen molar-refractivity contribution in [3.05, 3.63) is 0 Å². The topological polar surface area (TPSA) is 90.0 Å². The number of aliphatic carboxylic acids is 1. The van der Waals surface area contributed by atoms with E-state index >= 15 is 0 Å². The number of carboxylic acid groups (broad SMARTS) is 1. The highest BCUT2D eigenvalue weighted by Gasteiger charge is 2.58. The van der Waals surface area contributed by atoms with E-state index < -0.39 is 11.4 Å². The molecule has 3 amide bonds. The lowest BCUT2D eigenvalue weighted by Gasteiger charge is -2.35. The Kier molecular flexibility index (Phi) is 3.64. The molecule has 1 aliphatic heterocycles. The molecule has 19 heavy (non-hydrogen) atoms. The number of carboxylic acids is 1. The quantitative estimate of drug-likeness (QED) is 0.690. The third kappa shape index (κ3) is 2.50. The van der Waals surface area contributed by atoms with Crippen molar-refractivity contribution in [2.75, 3.05) is 32.7 Å². The molecule has 0 aromatic heterocycles. The monoisotopic (exact) mass is 269 g/mol. The average molecular weight is 269 g/mol. The van der Waals surface area contributed by atoms with Gasteiger partial charge in [0.15, 0.2) is 0 Å². The van der Waals surface area contributed by atoms with E-state index in [0.717, 1.165) is 0 Å². The highest BCUT2D eigenvalue weighted by Crippen LogP contribution is 2.47. The van der Waals surface area contributed by atoms with Gasteiger partial charge in [-0.25, -0.2) is 4.79 Å². The van der Waals surface area contributed by atoms with Crippen LogP contribution in [0.15, 0.2) is 0 Å². The van der Waals surface area contributed by atoms with Crippen LogP contribution in [0, 0.1) is 5.41 Å². The maximum Gasteiger partial charge on any atom is 0.319 e. The molecular formula is C12H19N3O4. The molecule has 2 fully saturated rings. The zero-order valence-electron chi connectivity index (χ0n) is 11.0. The number of nitrogens with zero attached hydrogens (tertiary/aromatic N) is 2. The predicted molar refractivity (Wildman–Crippen MR) is 66.5 cm³/mol. The third-order valence-corrected chi connectivity index (χ3v) is 3.75. The first-order valence-electron chi connectivity index (χ1n) is 6.57. The Morgan fingerprint density at radius 3 is 2.05 bits per heavy atom. The van der Waals surface area contributed by atoms with Crippen molar-refractivity contribution in [3.63, 3.8) is 0 Å². The molecule has 0 aromatic carbocycles. The summed E-state index contributed by atoms with van der Waals surface area (Å²) in [5.41, 5.74) is -1.17. The number of hydrogen-bond acceptors (Lipinski definition) is 3. The first kappa shape index (κ1) is 13.6. The van der Waals surface area contributed by atoms with E-state index in [1.54, 1.807) is 9.80 Å². The lowest BCUT2D eigenvalue weighted by Crippen LogP contribution is -2.55. The molecule has 0 aromatic rings. The van der Waals surface area contributed by atoms with E-state index in [-0.39, 0.29) is 11.9 Å². The predicted octanol–water partition coefficient (Wildman–Crippen LogP) is -0.275. The summed E-state index contributed by atoms with van der Waals surface area (Å²) in [6, 6.07) is -0.131. The zero-order chi connectivity index (χ0) is 14.0. The number of piperazine rings is 1. The Morgan fingerprint density at radius 2 is 1.63 bits per heavy atom. The van der Waals surface area contributed by atoms with E-state index in [0.29, 0.717) is 45.6 Å². The average Bonchev–Trinajstić information content (AvgIpc) is 3.20. The van der Waals surface area contributed by atoms with Crippen LogP contribution in [0.2, 0.25) is 0 Å². The molecule has 1 heterocycles. The first-order valence-corrected chi connectivity index (χ1v) is 6.57. The number of rotatable bonds is 3. The molecular weight excluding hydrogens is 250 g/mol. The second-order valence-corrected chi connectivity index (χ2v) is 5.00. The van der Waals surface area contributed by atoms with E-state index in [9.17, 15) is 14.4 Å². The zero-order valence-corrected chi connectivity index (χ0v) is 11.0. The molecule has 2 rings (SSSR count). The van der Waals surface area contributed by atoms with Crippen LogP contribution in [-0.4, -0.2) is 65.5 Å². The van der Waals surface area contributed by atoms with Crippen LogP contribution in [0.4, 0.5) is 4.79 Å². The Morgan fingerprint density at radius 1 is 1.11 bits per heavy atom. The smallest absolute Gasteiger partial charge is 0.319 e. The molecule has 7 heteroatoms. The molecule has 2 aliphatic rings. The van der Waals surface area contributed by atoms with Crippen molar-refractivity contribution in [1.29, 1.82) is 0 Å². The van der Waals surface area contributed by atoms with Crippen molar-refractivity contribution in [1.82, 2.24) is 15.1 Å².